The molecule has 0 saturated carbocycles. The van der Waals surface area contributed by atoms with Gasteiger partial charge in [-0.1, -0.05) is 48.5 Å². The van der Waals surface area contributed by atoms with Crippen LogP contribution in [0.1, 0.15) is 24.0 Å². The van der Waals surface area contributed by atoms with Crippen molar-refractivity contribution < 1.29 is 14.3 Å². The average molecular weight is 310 g/mol. The Balaban J connectivity index is 1.76. The number of amides is 2. The molecule has 3 N–H and O–H groups in total. The highest BCUT2D eigenvalue weighted by Crippen LogP contribution is 2.44. The number of hydrogen-bond acceptors (Lipinski definition) is 3. The summed E-state index contributed by atoms with van der Waals surface area (Å²) < 4.78 is 5.30. The van der Waals surface area contributed by atoms with Crippen LogP contribution in [0.2, 0.25) is 0 Å². The molecule has 23 heavy (non-hydrogen) atoms. The minimum Gasteiger partial charge on any atom is -0.449 e. The number of carbonyl (C=O) groups excluding carboxylic acids is 2. The Bertz CT molecular complexity index is 712. The zero-order valence-electron chi connectivity index (χ0n) is 12.8. The fourth-order valence-corrected chi connectivity index (χ4v) is 2.89. The Morgan fingerprint density at radius 2 is 1.61 bits per heavy atom. The second kappa shape index (κ2) is 6.12. The van der Waals surface area contributed by atoms with Crippen LogP contribution in [0.5, 0.6) is 0 Å². The summed E-state index contributed by atoms with van der Waals surface area (Å²) in [5.74, 6) is -0.601. The molecule has 5 nitrogen and oxygen atoms in total. The maximum absolute atomic E-state index is 11.8. The van der Waals surface area contributed by atoms with Crippen LogP contribution in [-0.2, 0) is 9.53 Å². The summed E-state index contributed by atoms with van der Waals surface area (Å²) in [5, 5.41) is 2.42. The van der Waals surface area contributed by atoms with Gasteiger partial charge in [-0.3, -0.25) is 4.79 Å². The van der Waals surface area contributed by atoms with Crippen LogP contribution < -0.4 is 11.1 Å². The lowest BCUT2D eigenvalue weighted by molar-refractivity contribution is -0.119. The number of fused-ring (bicyclic) bond motifs is 3. The maximum Gasteiger partial charge on any atom is 0.407 e. The van der Waals surface area contributed by atoms with E-state index in [9.17, 15) is 9.59 Å². The molecule has 2 aromatic carbocycles. The van der Waals surface area contributed by atoms with Crippen molar-refractivity contribution >= 4 is 12.0 Å². The molecule has 1 atom stereocenters. The van der Waals surface area contributed by atoms with Gasteiger partial charge >= 0.3 is 6.09 Å². The molecule has 0 spiro atoms. The third-order valence-electron chi connectivity index (χ3n) is 4.10. The van der Waals surface area contributed by atoms with E-state index < -0.39 is 18.0 Å². The number of alkyl carbamates (subject to hydrolysis) is 1. The Morgan fingerprint density at radius 3 is 2.13 bits per heavy atom. The highest BCUT2D eigenvalue weighted by atomic mass is 16.5. The monoisotopic (exact) mass is 310 g/mol. The molecular weight excluding hydrogens is 292 g/mol. The van der Waals surface area contributed by atoms with E-state index in [0.29, 0.717) is 0 Å². The van der Waals surface area contributed by atoms with Crippen LogP contribution >= 0.6 is 0 Å². The maximum atomic E-state index is 11.8. The molecule has 0 bridgehead atoms. The van der Waals surface area contributed by atoms with Crippen molar-refractivity contribution in [1.29, 1.82) is 0 Å². The first-order valence-electron chi connectivity index (χ1n) is 7.48. The lowest BCUT2D eigenvalue weighted by Gasteiger charge is -2.15. The van der Waals surface area contributed by atoms with Crippen molar-refractivity contribution in [3.05, 3.63) is 59.7 Å². The molecular formula is C18H18N2O3. The number of benzene rings is 2. The van der Waals surface area contributed by atoms with Crippen LogP contribution in [0.3, 0.4) is 0 Å². The van der Waals surface area contributed by atoms with Crippen molar-refractivity contribution in [2.24, 2.45) is 5.73 Å². The summed E-state index contributed by atoms with van der Waals surface area (Å²) in [7, 11) is 0. The van der Waals surface area contributed by atoms with Gasteiger partial charge in [0.2, 0.25) is 5.91 Å². The van der Waals surface area contributed by atoms with Gasteiger partial charge in [-0.15, -0.1) is 0 Å². The lowest BCUT2D eigenvalue weighted by atomic mass is 9.98. The number of rotatable bonds is 4. The van der Waals surface area contributed by atoms with E-state index in [-0.39, 0.29) is 12.5 Å². The second-order valence-electron chi connectivity index (χ2n) is 5.59. The first-order chi connectivity index (χ1) is 11.1. The molecule has 2 amide bonds. The van der Waals surface area contributed by atoms with Gasteiger partial charge in [-0.2, -0.15) is 0 Å². The van der Waals surface area contributed by atoms with Gasteiger partial charge in [0.25, 0.3) is 0 Å². The summed E-state index contributed by atoms with van der Waals surface area (Å²) in [6.07, 6.45) is -0.641. The molecule has 0 aliphatic heterocycles. The van der Waals surface area contributed by atoms with Crippen molar-refractivity contribution in [3.63, 3.8) is 0 Å². The molecule has 5 heteroatoms. The molecule has 3 rings (SSSR count). The molecule has 0 saturated heterocycles. The largest absolute Gasteiger partial charge is 0.449 e. The van der Waals surface area contributed by atoms with E-state index in [2.05, 4.69) is 17.4 Å². The summed E-state index contributed by atoms with van der Waals surface area (Å²) in [4.78, 5) is 22.8. The van der Waals surface area contributed by atoms with Crippen LogP contribution in [0.4, 0.5) is 4.79 Å². The lowest BCUT2D eigenvalue weighted by Crippen LogP contribution is -2.42. The molecule has 0 fully saturated rings. The smallest absolute Gasteiger partial charge is 0.407 e. The summed E-state index contributed by atoms with van der Waals surface area (Å²) in [6, 6.07) is 15.4. The van der Waals surface area contributed by atoms with E-state index >= 15 is 0 Å². The van der Waals surface area contributed by atoms with Gasteiger partial charge in [0.15, 0.2) is 0 Å². The van der Waals surface area contributed by atoms with Crippen molar-refractivity contribution in [1.82, 2.24) is 5.32 Å². The quantitative estimate of drug-likeness (QED) is 0.910. The van der Waals surface area contributed by atoms with E-state index in [1.165, 1.54) is 18.1 Å². The first kappa shape index (κ1) is 15.1. The fraction of sp³-hybridized carbons (Fsp3) is 0.222. The van der Waals surface area contributed by atoms with Crippen LogP contribution in [0.15, 0.2) is 48.5 Å². The molecule has 1 aliphatic carbocycles. The number of carbonyl (C=O) groups is 2. The predicted octanol–water partition coefficient (Wildman–Crippen LogP) is 2.40. The van der Waals surface area contributed by atoms with Crippen LogP contribution in [0, 0.1) is 0 Å². The topological polar surface area (TPSA) is 81.4 Å². The highest BCUT2D eigenvalue weighted by Gasteiger charge is 2.29. The zero-order valence-corrected chi connectivity index (χ0v) is 12.8. The van der Waals surface area contributed by atoms with Gasteiger partial charge in [-0.25, -0.2) is 4.79 Å². The highest BCUT2D eigenvalue weighted by molar-refractivity contribution is 5.84. The molecule has 1 unspecified atom stereocenters. The van der Waals surface area contributed by atoms with Crippen LogP contribution in [0.25, 0.3) is 11.1 Å². The number of primary amides is 1. The molecule has 0 aromatic heterocycles. The standard InChI is InChI=1S/C18H18N2O3/c1-11(17(19)21)20-18(22)23-10-16-14-8-4-2-6-12(14)13-7-3-5-9-15(13)16/h2-9,11,16H,10H2,1H3,(H2,19,21)(H,20,22). The summed E-state index contributed by atoms with van der Waals surface area (Å²) >= 11 is 0. The van der Waals surface area contributed by atoms with Crippen LogP contribution in [-0.4, -0.2) is 24.6 Å². The Labute approximate surface area is 134 Å². The minimum atomic E-state index is -0.759. The molecule has 0 radical (unpaired) electrons. The Morgan fingerprint density at radius 1 is 1.09 bits per heavy atom. The van der Waals surface area contributed by atoms with Gasteiger partial charge in [0.05, 0.1) is 0 Å². The van der Waals surface area contributed by atoms with Crippen molar-refractivity contribution in [2.45, 2.75) is 18.9 Å². The van der Waals surface area contributed by atoms with Gasteiger partial charge in [0, 0.05) is 5.92 Å². The van der Waals surface area contributed by atoms with Gasteiger partial charge in [-0.05, 0) is 29.2 Å². The molecule has 2 aromatic rings. The van der Waals surface area contributed by atoms with Crippen molar-refractivity contribution in [3.8, 4) is 11.1 Å². The van der Waals surface area contributed by atoms with E-state index in [1.807, 2.05) is 36.4 Å². The SMILES string of the molecule is CC(NC(=O)OCC1c2ccccc2-c2ccccc21)C(N)=O. The molecule has 0 heterocycles. The zero-order chi connectivity index (χ0) is 16.4. The minimum absolute atomic E-state index is 0.00275. The molecule has 118 valence electrons. The second-order valence-corrected chi connectivity index (χ2v) is 5.59. The third kappa shape index (κ3) is 2.90. The normalized spacial score (nSPS) is 13.8. The Kier molecular flexibility index (Phi) is 4.02. The van der Waals surface area contributed by atoms with Gasteiger partial charge in [0.1, 0.15) is 12.6 Å². The Hall–Kier alpha value is -2.82. The van der Waals surface area contributed by atoms with E-state index in [1.54, 1.807) is 0 Å². The molecule has 1 aliphatic rings. The third-order valence-corrected chi connectivity index (χ3v) is 4.10. The number of ether oxygens (including phenoxy) is 1. The van der Waals surface area contributed by atoms with Crippen molar-refractivity contribution in [2.75, 3.05) is 6.61 Å². The number of nitrogens with one attached hydrogen (secondary N) is 1. The number of hydrogen-bond donors (Lipinski definition) is 2. The van der Waals surface area contributed by atoms with E-state index in [4.69, 9.17) is 10.5 Å². The first-order valence-corrected chi connectivity index (χ1v) is 7.48. The van der Waals surface area contributed by atoms with E-state index in [0.717, 1.165) is 11.1 Å². The number of nitrogens with two attached hydrogens (primary N) is 1. The summed E-state index contributed by atoms with van der Waals surface area (Å²) in [5.41, 5.74) is 9.74. The summed E-state index contributed by atoms with van der Waals surface area (Å²) in [6.45, 7) is 1.73. The average Bonchev–Trinajstić information content (AvgIpc) is 2.87. The fourth-order valence-electron chi connectivity index (χ4n) is 2.89. The predicted molar refractivity (Wildman–Crippen MR) is 86.9 cm³/mol. The van der Waals surface area contributed by atoms with Gasteiger partial charge < -0.3 is 15.8 Å².